The molecule has 1 atom stereocenters. The van der Waals surface area contributed by atoms with Gasteiger partial charge in [0.05, 0.1) is 5.60 Å². The van der Waals surface area contributed by atoms with E-state index in [0.717, 1.165) is 32.3 Å². The molecular weight excluding hydrogens is 268 g/mol. The molecule has 0 N–H and O–H groups in total. The third-order valence-corrected chi connectivity index (χ3v) is 3.96. The van der Waals surface area contributed by atoms with Crippen molar-refractivity contribution in [3.05, 3.63) is 60.2 Å². The van der Waals surface area contributed by atoms with Crippen molar-refractivity contribution >= 4 is 0 Å². The Morgan fingerprint density at radius 3 is 2.45 bits per heavy atom. The van der Waals surface area contributed by atoms with Crippen LogP contribution in [-0.2, 0) is 11.2 Å². The van der Waals surface area contributed by atoms with E-state index in [-0.39, 0.29) is 5.60 Å². The Balaban J connectivity index is 2.49. The van der Waals surface area contributed by atoms with Gasteiger partial charge in [0.25, 0.3) is 0 Å². The Kier molecular flexibility index (Phi) is 8.19. The van der Waals surface area contributed by atoms with E-state index >= 15 is 0 Å². The molecule has 1 aromatic rings. The first-order valence-corrected chi connectivity index (χ1v) is 8.50. The highest BCUT2D eigenvalue weighted by Gasteiger charge is 2.17. The van der Waals surface area contributed by atoms with Crippen LogP contribution in [-0.4, -0.2) is 12.2 Å². The monoisotopic (exact) mass is 300 g/mol. The topological polar surface area (TPSA) is 9.23 Å². The first-order chi connectivity index (χ1) is 10.5. The van der Waals surface area contributed by atoms with Gasteiger partial charge in [-0.05, 0) is 57.6 Å². The van der Waals surface area contributed by atoms with Crippen molar-refractivity contribution in [1.29, 1.82) is 0 Å². The smallest absolute Gasteiger partial charge is 0.0626 e. The highest BCUT2D eigenvalue weighted by Crippen LogP contribution is 2.21. The lowest BCUT2D eigenvalue weighted by atomic mass is 9.95. The van der Waals surface area contributed by atoms with Crippen LogP contribution in [0.5, 0.6) is 0 Å². The Morgan fingerprint density at radius 1 is 1.23 bits per heavy atom. The number of aryl methyl sites for hydroxylation is 1. The molecule has 0 aliphatic carbocycles. The van der Waals surface area contributed by atoms with Crippen LogP contribution in [0.1, 0.15) is 64.0 Å². The van der Waals surface area contributed by atoms with Crippen LogP contribution in [0, 0.1) is 0 Å². The van der Waals surface area contributed by atoms with Crippen molar-refractivity contribution in [3.63, 3.8) is 0 Å². The minimum absolute atomic E-state index is 0.00416. The summed E-state index contributed by atoms with van der Waals surface area (Å²) in [4.78, 5) is 0. The molecule has 0 amide bonds. The van der Waals surface area contributed by atoms with Crippen molar-refractivity contribution < 1.29 is 4.74 Å². The molecule has 1 aromatic carbocycles. The molecule has 1 heteroatoms. The van der Waals surface area contributed by atoms with E-state index in [1.54, 1.807) is 0 Å². The van der Waals surface area contributed by atoms with Gasteiger partial charge in [0.1, 0.15) is 0 Å². The largest absolute Gasteiger partial charge is 0.376 e. The summed E-state index contributed by atoms with van der Waals surface area (Å²) in [5.74, 6) is 0.320. The lowest BCUT2D eigenvalue weighted by Crippen LogP contribution is -2.24. The first-order valence-electron chi connectivity index (χ1n) is 8.50. The Bertz CT molecular complexity index is 453. The van der Waals surface area contributed by atoms with Gasteiger partial charge in [-0.25, -0.2) is 0 Å². The van der Waals surface area contributed by atoms with E-state index in [0.29, 0.717) is 5.92 Å². The normalized spacial score (nSPS) is 13.5. The average molecular weight is 300 g/mol. The average Bonchev–Trinajstić information content (AvgIpc) is 2.51. The summed E-state index contributed by atoms with van der Waals surface area (Å²) in [7, 11) is 0. The summed E-state index contributed by atoms with van der Waals surface area (Å²) < 4.78 is 5.89. The van der Waals surface area contributed by atoms with Crippen LogP contribution < -0.4 is 0 Å². The van der Waals surface area contributed by atoms with Gasteiger partial charge in [0.2, 0.25) is 0 Å². The predicted molar refractivity (Wildman–Crippen MR) is 97.5 cm³/mol. The molecule has 0 heterocycles. The van der Waals surface area contributed by atoms with Crippen molar-refractivity contribution in [2.45, 2.75) is 64.9 Å². The fourth-order valence-electron chi connectivity index (χ4n) is 2.61. The van der Waals surface area contributed by atoms with E-state index in [1.807, 2.05) is 13.0 Å². The molecule has 1 unspecified atom stereocenters. The summed E-state index contributed by atoms with van der Waals surface area (Å²) in [6.45, 7) is 13.4. The lowest BCUT2D eigenvalue weighted by Gasteiger charge is -2.25. The quantitative estimate of drug-likeness (QED) is 0.477. The van der Waals surface area contributed by atoms with Gasteiger partial charge in [-0.15, -0.1) is 6.58 Å². The number of hydrogen-bond donors (Lipinski definition) is 0. The number of benzene rings is 1. The maximum Gasteiger partial charge on any atom is 0.0626 e. The van der Waals surface area contributed by atoms with Crippen molar-refractivity contribution in [3.8, 4) is 0 Å². The van der Waals surface area contributed by atoms with Crippen molar-refractivity contribution in [2.24, 2.45) is 0 Å². The second-order valence-corrected chi connectivity index (χ2v) is 6.49. The molecule has 0 saturated heterocycles. The Morgan fingerprint density at radius 2 is 1.91 bits per heavy atom. The van der Waals surface area contributed by atoms with Gasteiger partial charge in [-0.2, -0.15) is 0 Å². The predicted octanol–water partition coefficient (Wildman–Crippen LogP) is 6.06. The third-order valence-electron chi connectivity index (χ3n) is 3.96. The molecule has 0 saturated carbocycles. The summed E-state index contributed by atoms with van der Waals surface area (Å²) in [6, 6.07) is 8.94. The highest BCUT2D eigenvalue weighted by molar-refractivity contribution is 5.31. The van der Waals surface area contributed by atoms with Gasteiger partial charge in [0.15, 0.2) is 0 Å². The van der Waals surface area contributed by atoms with Crippen molar-refractivity contribution in [2.75, 3.05) is 6.61 Å². The Labute approximate surface area is 137 Å². The molecular formula is C21H32O. The molecule has 0 aliphatic heterocycles. The molecule has 0 fully saturated rings. The van der Waals surface area contributed by atoms with Gasteiger partial charge >= 0.3 is 0 Å². The Hall–Kier alpha value is -1.34. The van der Waals surface area contributed by atoms with Gasteiger partial charge in [0, 0.05) is 12.5 Å². The van der Waals surface area contributed by atoms with E-state index in [4.69, 9.17) is 4.74 Å². The first kappa shape index (κ1) is 18.7. The van der Waals surface area contributed by atoms with Crippen LogP contribution >= 0.6 is 0 Å². The summed E-state index contributed by atoms with van der Waals surface area (Å²) in [5, 5.41) is 0. The van der Waals surface area contributed by atoms with Gasteiger partial charge in [-0.1, -0.05) is 49.4 Å². The van der Waals surface area contributed by atoms with E-state index in [9.17, 15) is 0 Å². The van der Waals surface area contributed by atoms with Gasteiger partial charge < -0.3 is 4.74 Å². The molecule has 0 spiro atoms. The van der Waals surface area contributed by atoms with Gasteiger partial charge in [-0.3, -0.25) is 0 Å². The zero-order valence-corrected chi connectivity index (χ0v) is 14.8. The molecule has 22 heavy (non-hydrogen) atoms. The molecule has 0 aliphatic rings. The van der Waals surface area contributed by atoms with Crippen LogP contribution in [0.3, 0.4) is 0 Å². The second-order valence-electron chi connectivity index (χ2n) is 6.49. The van der Waals surface area contributed by atoms with E-state index in [1.165, 1.54) is 11.1 Å². The van der Waals surface area contributed by atoms with Crippen molar-refractivity contribution in [1.82, 2.24) is 0 Å². The molecule has 0 bridgehead atoms. The molecule has 0 radical (unpaired) electrons. The zero-order valence-electron chi connectivity index (χ0n) is 14.8. The second kappa shape index (κ2) is 9.63. The van der Waals surface area contributed by atoms with Crippen LogP contribution in [0.2, 0.25) is 0 Å². The van der Waals surface area contributed by atoms with E-state index in [2.05, 4.69) is 63.8 Å². The number of ether oxygens (including phenoxy) is 1. The molecule has 1 nitrogen and oxygen atoms in total. The van der Waals surface area contributed by atoms with E-state index < -0.39 is 0 Å². The van der Waals surface area contributed by atoms with Crippen LogP contribution in [0.15, 0.2) is 49.1 Å². The minimum Gasteiger partial charge on any atom is -0.376 e. The summed E-state index contributed by atoms with van der Waals surface area (Å²) >= 11 is 0. The number of rotatable bonds is 10. The van der Waals surface area contributed by atoms with Crippen LogP contribution in [0.25, 0.3) is 0 Å². The summed E-state index contributed by atoms with van der Waals surface area (Å²) in [6.07, 6.45) is 10.7. The third kappa shape index (κ3) is 6.62. The minimum atomic E-state index is -0.00416. The molecule has 1 rings (SSSR count). The fourth-order valence-corrected chi connectivity index (χ4v) is 2.61. The fraction of sp³-hybridized carbons (Fsp3) is 0.524. The standard InChI is InChI=1S/C21H32O/c1-6-10-19(8-3)20-14-12-18(13-15-20)11-9-16-21(4,5)22-17-7-2/h6,8,10,12-15,19H,3,7,9,11,16-17H2,1-2,4-5H3/b10-6-. The molecule has 0 aromatic heterocycles. The number of hydrogen-bond acceptors (Lipinski definition) is 1. The van der Waals surface area contributed by atoms with Crippen LogP contribution in [0.4, 0.5) is 0 Å². The zero-order chi connectivity index (χ0) is 16.4. The maximum atomic E-state index is 5.89. The SMILES string of the molecule is C=CC(/C=C\C)c1ccc(CCCC(C)(C)OCCC)cc1. The number of allylic oxidation sites excluding steroid dienone is 3. The summed E-state index contributed by atoms with van der Waals surface area (Å²) in [5.41, 5.74) is 2.71. The lowest BCUT2D eigenvalue weighted by molar-refractivity contribution is -0.0241. The highest BCUT2D eigenvalue weighted by atomic mass is 16.5. The molecule has 122 valence electrons. The maximum absolute atomic E-state index is 5.89.